The highest BCUT2D eigenvalue weighted by atomic mass is 16.5. The van der Waals surface area contributed by atoms with E-state index in [2.05, 4.69) is 10.6 Å². The van der Waals surface area contributed by atoms with Gasteiger partial charge in [-0.05, 0) is 36.6 Å². The summed E-state index contributed by atoms with van der Waals surface area (Å²) in [6.07, 6.45) is 1.92. The number of benzene rings is 1. The second-order valence-corrected chi connectivity index (χ2v) is 5.53. The van der Waals surface area contributed by atoms with Crippen molar-refractivity contribution in [2.75, 3.05) is 20.3 Å². The molecule has 1 aromatic carbocycles. The molecule has 0 saturated carbocycles. The zero-order valence-electron chi connectivity index (χ0n) is 14.8. The molecule has 25 heavy (non-hydrogen) atoms. The van der Waals surface area contributed by atoms with E-state index in [0.717, 1.165) is 12.0 Å². The van der Waals surface area contributed by atoms with Crippen molar-refractivity contribution in [3.63, 3.8) is 0 Å². The van der Waals surface area contributed by atoms with Crippen LogP contribution in [0.25, 0.3) is 5.57 Å². The SMILES string of the molecule is CCC(COC)NC(=O)CNC(=O)C(=CN)c1ccc(C#N)cc1C. The van der Waals surface area contributed by atoms with Gasteiger partial charge in [-0.2, -0.15) is 5.26 Å². The predicted octanol–water partition coefficient (Wildman–Crippen LogP) is 0.824. The van der Waals surface area contributed by atoms with Gasteiger partial charge in [-0.15, -0.1) is 0 Å². The van der Waals surface area contributed by atoms with Crippen LogP contribution in [0, 0.1) is 18.3 Å². The number of aryl methyl sites for hydroxylation is 1. The average Bonchev–Trinajstić information content (AvgIpc) is 2.61. The molecule has 7 nitrogen and oxygen atoms in total. The third-order valence-corrected chi connectivity index (χ3v) is 3.69. The Kier molecular flexibility index (Phi) is 8.16. The summed E-state index contributed by atoms with van der Waals surface area (Å²) in [6, 6.07) is 6.90. The van der Waals surface area contributed by atoms with E-state index in [4.69, 9.17) is 15.7 Å². The largest absolute Gasteiger partial charge is 0.404 e. The lowest BCUT2D eigenvalue weighted by atomic mass is 9.98. The summed E-state index contributed by atoms with van der Waals surface area (Å²) in [5.41, 5.74) is 7.71. The summed E-state index contributed by atoms with van der Waals surface area (Å²) in [5.74, 6) is -0.754. The molecule has 0 aliphatic heterocycles. The van der Waals surface area contributed by atoms with E-state index >= 15 is 0 Å². The van der Waals surface area contributed by atoms with Gasteiger partial charge in [-0.1, -0.05) is 13.0 Å². The van der Waals surface area contributed by atoms with Gasteiger partial charge in [0.05, 0.1) is 36.4 Å². The molecule has 0 aliphatic rings. The quantitative estimate of drug-likeness (QED) is 0.604. The van der Waals surface area contributed by atoms with Crippen molar-refractivity contribution >= 4 is 17.4 Å². The van der Waals surface area contributed by atoms with Gasteiger partial charge in [0.15, 0.2) is 0 Å². The normalized spacial score (nSPS) is 12.2. The van der Waals surface area contributed by atoms with Crippen LogP contribution in [0.5, 0.6) is 0 Å². The Morgan fingerprint density at radius 1 is 1.44 bits per heavy atom. The highest BCUT2D eigenvalue weighted by molar-refractivity contribution is 6.20. The lowest BCUT2D eigenvalue weighted by Crippen LogP contribution is -2.43. The number of amides is 2. The molecule has 1 aromatic rings. The van der Waals surface area contributed by atoms with Crippen LogP contribution in [-0.4, -0.2) is 38.1 Å². The topological polar surface area (TPSA) is 117 Å². The first kappa shape index (κ1) is 20.2. The van der Waals surface area contributed by atoms with Crippen molar-refractivity contribution < 1.29 is 14.3 Å². The number of nitriles is 1. The van der Waals surface area contributed by atoms with Gasteiger partial charge in [-0.3, -0.25) is 9.59 Å². The van der Waals surface area contributed by atoms with Crippen molar-refractivity contribution in [3.05, 3.63) is 41.1 Å². The molecule has 2 amide bonds. The summed E-state index contributed by atoms with van der Waals surface area (Å²) in [6.45, 7) is 3.97. The Balaban J connectivity index is 2.72. The molecule has 0 saturated heterocycles. The first-order valence-electron chi connectivity index (χ1n) is 7.96. The van der Waals surface area contributed by atoms with E-state index in [1.54, 1.807) is 32.2 Å². The van der Waals surface area contributed by atoms with Crippen molar-refractivity contribution in [1.82, 2.24) is 10.6 Å². The number of hydrogen-bond acceptors (Lipinski definition) is 5. The fourth-order valence-corrected chi connectivity index (χ4v) is 2.32. The second-order valence-electron chi connectivity index (χ2n) is 5.53. The summed E-state index contributed by atoms with van der Waals surface area (Å²) < 4.78 is 5.02. The van der Waals surface area contributed by atoms with Crippen molar-refractivity contribution in [3.8, 4) is 6.07 Å². The van der Waals surface area contributed by atoms with Crippen LogP contribution in [0.1, 0.15) is 30.0 Å². The number of carbonyl (C=O) groups excluding carboxylic acids is 2. The molecule has 0 bridgehead atoms. The number of nitrogens with one attached hydrogen (secondary N) is 2. The van der Waals surface area contributed by atoms with Crippen LogP contribution in [-0.2, 0) is 14.3 Å². The Labute approximate surface area is 147 Å². The van der Waals surface area contributed by atoms with Crippen molar-refractivity contribution in [2.45, 2.75) is 26.3 Å². The Hall–Kier alpha value is -2.85. The third kappa shape index (κ3) is 5.94. The lowest BCUT2D eigenvalue weighted by molar-refractivity contribution is -0.124. The molecule has 1 atom stereocenters. The van der Waals surface area contributed by atoms with E-state index in [0.29, 0.717) is 17.7 Å². The maximum atomic E-state index is 12.3. The molecule has 4 N–H and O–H groups in total. The maximum Gasteiger partial charge on any atom is 0.253 e. The Bertz CT molecular complexity index is 692. The molecule has 0 aliphatic carbocycles. The van der Waals surface area contributed by atoms with E-state index in [-0.39, 0.29) is 24.1 Å². The lowest BCUT2D eigenvalue weighted by Gasteiger charge is -2.16. The molecule has 0 heterocycles. The van der Waals surface area contributed by atoms with Crippen LogP contribution >= 0.6 is 0 Å². The van der Waals surface area contributed by atoms with Gasteiger partial charge in [-0.25, -0.2) is 0 Å². The fraction of sp³-hybridized carbons (Fsp3) is 0.389. The maximum absolute atomic E-state index is 12.3. The zero-order valence-corrected chi connectivity index (χ0v) is 14.8. The molecule has 0 fully saturated rings. The summed E-state index contributed by atoms with van der Waals surface area (Å²) in [5, 5.41) is 14.2. The smallest absolute Gasteiger partial charge is 0.253 e. The summed E-state index contributed by atoms with van der Waals surface area (Å²) >= 11 is 0. The minimum Gasteiger partial charge on any atom is -0.404 e. The molecule has 0 radical (unpaired) electrons. The Morgan fingerprint density at radius 3 is 2.68 bits per heavy atom. The third-order valence-electron chi connectivity index (χ3n) is 3.69. The molecular formula is C18H24N4O3. The number of ether oxygens (including phenoxy) is 1. The Morgan fingerprint density at radius 2 is 2.16 bits per heavy atom. The summed E-state index contributed by atoms with van der Waals surface area (Å²) in [7, 11) is 1.56. The molecule has 0 aromatic heterocycles. The number of nitrogens with two attached hydrogens (primary N) is 1. The fourth-order valence-electron chi connectivity index (χ4n) is 2.32. The van der Waals surface area contributed by atoms with Gasteiger partial charge in [0.2, 0.25) is 5.91 Å². The minimum atomic E-state index is -0.453. The molecular weight excluding hydrogens is 320 g/mol. The van der Waals surface area contributed by atoms with E-state index in [1.165, 1.54) is 6.20 Å². The highest BCUT2D eigenvalue weighted by Crippen LogP contribution is 2.19. The van der Waals surface area contributed by atoms with Crippen LogP contribution < -0.4 is 16.4 Å². The first-order valence-corrected chi connectivity index (χ1v) is 7.96. The number of carbonyl (C=O) groups is 2. The number of nitrogens with zero attached hydrogens (tertiary/aromatic N) is 1. The zero-order chi connectivity index (χ0) is 18.8. The van der Waals surface area contributed by atoms with Crippen LogP contribution in [0.2, 0.25) is 0 Å². The molecule has 0 spiro atoms. The van der Waals surface area contributed by atoms with Crippen molar-refractivity contribution in [1.29, 1.82) is 5.26 Å². The van der Waals surface area contributed by atoms with E-state index < -0.39 is 5.91 Å². The number of methoxy groups -OCH3 is 1. The van der Waals surface area contributed by atoms with E-state index in [1.807, 2.05) is 13.0 Å². The molecule has 7 heteroatoms. The van der Waals surface area contributed by atoms with Gasteiger partial charge in [0, 0.05) is 13.3 Å². The molecule has 1 rings (SSSR count). The van der Waals surface area contributed by atoms with E-state index in [9.17, 15) is 9.59 Å². The van der Waals surface area contributed by atoms with Gasteiger partial charge in [0.25, 0.3) is 5.91 Å². The average molecular weight is 344 g/mol. The van der Waals surface area contributed by atoms with Crippen LogP contribution in [0.15, 0.2) is 24.4 Å². The van der Waals surface area contributed by atoms with Gasteiger partial charge in [0.1, 0.15) is 0 Å². The van der Waals surface area contributed by atoms with Gasteiger partial charge >= 0.3 is 0 Å². The van der Waals surface area contributed by atoms with Crippen molar-refractivity contribution in [2.24, 2.45) is 5.73 Å². The highest BCUT2D eigenvalue weighted by Gasteiger charge is 2.16. The van der Waals surface area contributed by atoms with Crippen LogP contribution in [0.3, 0.4) is 0 Å². The predicted molar refractivity (Wildman–Crippen MR) is 95.2 cm³/mol. The number of rotatable bonds is 8. The minimum absolute atomic E-state index is 0.0975. The van der Waals surface area contributed by atoms with Crippen LogP contribution in [0.4, 0.5) is 0 Å². The summed E-state index contributed by atoms with van der Waals surface area (Å²) in [4.78, 5) is 24.3. The monoisotopic (exact) mass is 344 g/mol. The second kappa shape index (κ2) is 10.1. The molecule has 1 unspecified atom stereocenters. The first-order chi connectivity index (χ1) is 12.0. The number of hydrogen-bond donors (Lipinski definition) is 3. The molecule has 134 valence electrons. The standard InChI is InChI=1S/C18H24N4O3/c1-4-14(11-25-3)22-17(23)10-21-18(24)16(9-20)15-6-5-13(8-19)7-12(15)2/h5-7,9,14H,4,10-11,20H2,1-3H3,(H,21,24)(H,22,23). The van der Waals surface area contributed by atoms with Gasteiger partial charge < -0.3 is 21.1 Å².